The van der Waals surface area contributed by atoms with Crippen LogP contribution in [0.15, 0.2) is 72.8 Å². The lowest BCUT2D eigenvalue weighted by atomic mass is 10.1. The molecule has 1 aliphatic rings. The maximum Gasteiger partial charge on any atom is 0.257 e. The Morgan fingerprint density at radius 2 is 1.42 bits per heavy atom. The van der Waals surface area contributed by atoms with E-state index in [-0.39, 0.29) is 31.2 Å². The van der Waals surface area contributed by atoms with Gasteiger partial charge in [0.2, 0.25) is 11.8 Å². The van der Waals surface area contributed by atoms with Crippen LogP contribution in [0.5, 0.6) is 0 Å². The zero-order chi connectivity index (χ0) is 23.5. The Bertz CT molecular complexity index is 1180. The minimum Gasteiger partial charge on any atom is -0.325 e. The van der Waals surface area contributed by atoms with E-state index in [0.29, 0.717) is 15.7 Å². The number of benzene rings is 3. The van der Waals surface area contributed by atoms with Crippen LogP contribution < -0.4 is 4.90 Å². The summed E-state index contributed by atoms with van der Waals surface area (Å²) >= 11 is 11.9. The van der Waals surface area contributed by atoms with E-state index in [1.54, 1.807) is 48.5 Å². The highest BCUT2D eigenvalue weighted by molar-refractivity contribution is 6.31. The predicted octanol–water partition coefficient (Wildman–Crippen LogP) is 5.21. The molecule has 3 aromatic rings. The van der Waals surface area contributed by atoms with Gasteiger partial charge >= 0.3 is 0 Å². The third kappa shape index (κ3) is 5.27. The van der Waals surface area contributed by atoms with Gasteiger partial charge in [0, 0.05) is 16.6 Å². The lowest BCUT2D eigenvalue weighted by molar-refractivity contribution is -0.138. The molecule has 1 saturated heterocycles. The minimum atomic E-state index is -0.880. The number of aryl methyl sites for hydroxylation is 1. The molecule has 33 heavy (non-hydrogen) atoms. The Labute approximate surface area is 202 Å². The summed E-state index contributed by atoms with van der Waals surface area (Å²) in [5.41, 5.74) is 3.20. The highest BCUT2D eigenvalue weighted by atomic mass is 35.5. The lowest BCUT2D eigenvalue weighted by Gasteiger charge is -2.28. The van der Waals surface area contributed by atoms with Crippen LogP contribution in [0.2, 0.25) is 10.0 Å². The summed E-state index contributed by atoms with van der Waals surface area (Å²) in [6, 6.07) is 20.4. The molecule has 0 aliphatic carbocycles. The first kappa shape index (κ1) is 23.0. The fourth-order valence-corrected chi connectivity index (χ4v) is 4.11. The molecule has 1 atom stereocenters. The number of carbonyl (C=O) groups excluding carboxylic acids is 3. The van der Waals surface area contributed by atoms with Crippen molar-refractivity contribution in [3.05, 3.63) is 99.5 Å². The van der Waals surface area contributed by atoms with Crippen molar-refractivity contribution >= 4 is 46.6 Å². The molecule has 0 saturated carbocycles. The monoisotopic (exact) mass is 480 g/mol. The van der Waals surface area contributed by atoms with Crippen LogP contribution in [0.4, 0.5) is 5.69 Å². The van der Waals surface area contributed by atoms with Gasteiger partial charge in [0.15, 0.2) is 0 Å². The van der Waals surface area contributed by atoms with E-state index in [0.717, 1.165) is 21.6 Å². The van der Waals surface area contributed by atoms with E-state index < -0.39 is 11.9 Å². The zero-order valence-electron chi connectivity index (χ0n) is 18.0. The Balaban J connectivity index is 1.62. The third-order valence-corrected chi connectivity index (χ3v) is 6.15. The van der Waals surface area contributed by atoms with Gasteiger partial charge in [-0.05, 0) is 54.4 Å². The van der Waals surface area contributed by atoms with Crippen molar-refractivity contribution < 1.29 is 14.4 Å². The second-order valence-corrected chi connectivity index (χ2v) is 8.95. The maximum absolute atomic E-state index is 13.4. The molecule has 1 aliphatic heterocycles. The molecule has 3 amide bonds. The van der Waals surface area contributed by atoms with Gasteiger partial charge in [0.05, 0.1) is 18.5 Å². The first-order valence-electron chi connectivity index (χ1n) is 10.5. The highest BCUT2D eigenvalue weighted by Crippen LogP contribution is 2.28. The Hall–Kier alpha value is -3.15. The van der Waals surface area contributed by atoms with Crippen molar-refractivity contribution in [1.29, 1.82) is 0 Å². The van der Waals surface area contributed by atoms with Crippen molar-refractivity contribution in [3.63, 3.8) is 0 Å². The van der Waals surface area contributed by atoms with Crippen LogP contribution in [-0.4, -0.2) is 28.7 Å². The molecule has 1 unspecified atom stereocenters. The SMILES string of the molecule is Cc1ccc(CN(C(=O)Cc2ccc(Cl)cc2)C2CC(=O)N(c3ccc(Cl)cc3)C2=O)cc1. The number of imide groups is 1. The fraction of sp³-hybridized carbons (Fsp3) is 0.192. The van der Waals surface area contributed by atoms with Gasteiger partial charge in [-0.15, -0.1) is 0 Å². The van der Waals surface area contributed by atoms with Gasteiger partial charge in [-0.3, -0.25) is 14.4 Å². The van der Waals surface area contributed by atoms with Crippen molar-refractivity contribution in [1.82, 2.24) is 4.90 Å². The standard InChI is InChI=1S/C26H22Cl2N2O3/c1-17-2-4-19(5-3-17)16-29(24(31)14-18-6-8-20(27)9-7-18)23-15-25(32)30(26(23)33)22-12-10-21(28)11-13-22/h2-13,23H,14-16H2,1H3. The molecule has 3 aromatic carbocycles. The molecule has 0 bridgehead atoms. The number of nitrogens with zero attached hydrogens (tertiary/aromatic N) is 2. The zero-order valence-corrected chi connectivity index (χ0v) is 19.5. The topological polar surface area (TPSA) is 57.7 Å². The molecule has 0 aromatic heterocycles. The number of halogens is 2. The first-order valence-corrected chi connectivity index (χ1v) is 11.3. The van der Waals surface area contributed by atoms with Crippen LogP contribution >= 0.6 is 23.2 Å². The number of rotatable bonds is 6. The molecule has 7 heteroatoms. The number of hydrogen-bond acceptors (Lipinski definition) is 3. The molecule has 168 valence electrons. The van der Waals surface area contributed by atoms with Crippen molar-refractivity contribution in [2.75, 3.05) is 4.90 Å². The fourth-order valence-electron chi connectivity index (χ4n) is 3.86. The second-order valence-electron chi connectivity index (χ2n) is 8.07. The molecule has 4 rings (SSSR count). The van der Waals surface area contributed by atoms with Crippen molar-refractivity contribution in [2.45, 2.75) is 32.4 Å². The van der Waals surface area contributed by atoms with Crippen LogP contribution in [0, 0.1) is 6.92 Å². The van der Waals surface area contributed by atoms with Gasteiger partial charge in [-0.1, -0.05) is 65.2 Å². The molecule has 1 fully saturated rings. The summed E-state index contributed by atoms with van der Waals surface area (Å²) in [7, 11) is 0. The van der Waals surface area contributed by atoms with Crippen molar-refractivity contribution in [2.24, 2.45) is 0 Å². The van der Waals surface area contributed by atoms with E-state index in [1.165, 1.54) is 4.90 Å². The molecule has 0 N–H and O–H groups in total. The van der Waals surface area contributed by atoms with Gasteiger partial charge < -0.3 is 4.90 Å². The molecular formula is C26H22Cl2N2O3. The summed E-state index contributed by atoms with van der Waals surface area (Å²) in [6.45, 7) is 2.21. The van der Waals surface area contributed by atoms with Gasteiger partial charge in [0.25, 0.3) is 5.91 Å². The third-order valence-electron chi connectivity index (χ3n) is 5.65. The van der Waals surface area contributed by atoms with E-state index in [2.05, 4.69) is 0 Å². The van der Waals surface area contributed by atoms with E-state index in [1.807, 2.05) is 31.2 Å². The van der Waals surface area contributed by atoms with Gasteiger partial charge in [0.1, 0.15) is 6.04 Å². The Morgan fingerprint density at radius 3 is 2.03 bits per heavy atom. The van der Waals surface area contributed by atoms with Crippen LogP contribution in [-0.2, 0) is 27.3 Å². The number of amides is 3. The molecular weight excluding hydrogens is 459 g/mol. The Kier molecular flexibility index (Phi) is 6.82. The summed E-state index contributed by atoms with van der Waals surface area (Å²) in [4.78, 5) is 42.2. The summed E-state index contributed by atoms with van der Waals surface area (Å²) in [6.07, 6.45) is 0.0294. The highest BCUT2D eigenvalue weighted by Gasteiger charge is 2.44. The number of anilines is 1. The first-order chi connectivity index (χ1) is 15.8. The largest absolute Gasteiger partial charge is 0.325 e. The van der Waals surface area contributed by atoms with Crippen LogP contribution in [0.3, 0.4) is 0 Å². The normalized spacial score (nSPS) is 15.7. The molecule has 0 radical (unpaired) electrons. The smallest absolute Gasteiger partial charge is 0.257 e. The maximum atomic E-state index is 13.4. The quantitative estimate of drug-likeness (QED) is 0.455. The minimum absolute atomic E-state index is 0.0698. The van der Waals surface area contributed by atoms with Crippen LogP contribution in [0.1, 0.15) is 23.1 Å². The molecule has 5 nitrogen and oxygen atoms in total. The van der Waals surface area contributed by atoms with E-state index in [9.17, 15) is 14.4 Å². The summed E-state index contributed by atoms with van der Waals surface area (Å²) in [5, 5.41) is 1.09. The van der Waals surface area contributed by atoms with E-state index in [4.69, 9.17) is 23.2 Å². The Morgan fingerprint density at radius 1 is 0.879 bits per heavy atom. The average Bonchev–Trinajstić information content (AvgIpc) is 3.09. The number of carbonyl (C=O) groups is 3. The van der Waals surface area contributed by atoms with Crippen LogP contribution in [0.25, 0.3) is 0 Å². The predicted molar refractivity (Wildman–Crippen MR) is 129 cm³/mol. The lowest BCUT2D eigenvalue weighted by Crippen LogP contribution is -2.45. The average molecular weight is 481 g/mol. The summed E-state index contributed by atoms with van der Waals surface area (Å²) < 4.78 is 0. The molecule has 0 spiro atoms. The van der Waals surface area contributed by atoms with Crippen molar-refractivity contribution in [3.8, 4) is 0 Å². The summed E-state index contributed by atoms with van der Waals surface area (Å²) in [5.74, 6) is -0.999. The second kappa shape index (κ2) is 9.77. The van der Waals surface area contributed by atoms with Gasteiger partial charge in [-0.2, -0.15) is 0 Å². The van der Waals surface area contributed by atoms with Gasteiger partial charge in [-0.25, -0.2) is 4.90 Å². The molecule has 1 heterocycles. The van der Waals surface area contributed by atoms with E-state index >= 15 is 0 Å². The number of hydrogen-bond donors (Lipinski definition) is 0.